The van der Waals surface area contributed by atoms with Gasteiger partial charge in [-0.25, -0.2) is 0 Å². The molecule has 7 heteroatoms. The van der Waals surface area contributed by atoms with Crippen LogP contribution in [0.5, 0.6) is 0 Å². The van der Waals surface area contributed by atoms with Crippen molar-refractivity contribution in [2.24, 2.45) is 11.8 Å². The fourth-order valence-electron chi connectivity index (χ4n) is 11.2. The quantitative estimate of drug-likeness (QED) is 0.173. The molecule has 0 saturated heterocycles. The van der Waals surface area contributed by atoms with Crippen LogP contribution in [0.4, 0.5) is 0 Å². The molecule has 6 aliphatic carbocycles. The Morgan fingerprint density at radius 2 is 0.667 bits per heavy atom. The molecule has 8 atom stereocenters. The van der Waals surface area contributed by atoms with Crippen molar-refractivity contribution in [3.8, 4) is 0 Å². The van der Waals surface area contributed by atoms with Gasteiger partial charge in [0.2, 0.25) is 0 Å². The summed E-state index contributed by atoms with van der Waals surface area (Å²) in [5, 5.41) is 3.37. The summed E-state index contributed by atoms with van der Waals surface area (Å²) in [6, 6.07) is 24.6. The van der Waals surface area contributed by atoms with Crippen LogP contribution in [0.1, 0.15) is 168 Å². The van der Waals surface area contributed by atoms with E-state index in [-0.39, 0.29) is 67.0 Å². The molecule has 0 amide bonds. The fraction of sp³-hybridized carbons (Fsp3) is 0.760. The zero-order chi connectivity index (χ0) is 38.1. The molecular weight excluding hydrogens is 858 g/mol. The first-order valence-corrected chi connectivity index (χ1v) is 26.3. The Kier molecular flexibility index (Phi) is 28.3. The first-order valence-electron chi connectivity index (χ1n) is 23.4. The van der Waals surface area contributed by atoms with Crippen LogP contribution in [-0.2, 0) is 51.2 Å². The Bertz CT molecular complexity index is 1140. The molecule has 0 radical (unpaired) electrons. The smallest absolute Gasteiger partial charge is 0.00952 e. The molecule has 8 rings (SSSR count). The van der Waals surface area contributed by atoms with Gasteiger partial charge in [-0.05, 0) is 138 Å². The number of hydrogen-bond donors (Lipinski definition) is 0. The Morgan fingerprint density at radius 3 is 0.930 bits per heavy atom. The van der Waals surface area contributed by atoms with Crippen LogP contribution in [0.3, 0.4) is 0 Å². The molecule has 0 heterocycles. The molecule has 57 heavy (non-hydrogen) atoms. The normalized spacial score (nSPS) is 26.7. The SMILES string of the molecule is C1CCCC1.C1CCCC1.C[C@H](C1CCCC1[P@@](c1ccccc1)C1CCCC1)N(C)C.C[C@H](C1CCCC1[P@@](c1ccccc1)C1CCCC1)N(C)C.[Fe].[Fe].[Fe]. The fourth-order valence-corrected chi connectivity index (χ4v) is 19.3. The topological polar surface area (TPSA) is 6.48 Å². The molecule has 0 aliphatic heterocycles. The molecule has 6 saturated carbocycles. The third-order valence-electron chi connectivity index (χ3n) is 14.7. The van der Waals surface area contributed by atoms with E-state index in [4.69, 9.17) is 0 Å². The van der Waals surface area contributed by atoms with Gasteiger partial charge in [0.15, 0.2) is 0 Å². The molecule has 2 aromatic rings. The van der Waals surface area contributed by atoms with E-state index in [2.05, 4.69) is 113 Å². The van der Waals surface area contributed by atoms with Crippen molar-refractivity contribution in [2.75, 3.05) is 28.2 Å². The van der Waals surface area contributed by atoms with Crippen molar-refractivity contribution in [1.29, 1.82) is 0 Å². The van der Waals surface area contributed by atoms with E-state index >= 15 is 0 Å². The van der Waals surface area contributed by atoms with Crippen molar-refractivity contribution in [3.05, 3.63) is 60.7 Å². The maximum Gasteiger partial charge on any atom is 0.00952 e. The van der Waals surface area contributed by atoms with Crippen molar-refractivity contribution >= 4 is 26.5 Å². The van der Waals surface area contributed by atoms with Crippen molar-refractivity contribution in [2.45, 2.75) is 203 Å². The first-order chi connectivity index (χ1) is 26.4. The minimum absolute atomic E-state index is 0. The molecule has 4 unspecified atom stereocenters. The summed E-state index contributed by atoms with van der Waals surface area (Å²) >= 11 is 0. The van der Waals surface area contributed by atoms with Crippen molar-refractivity contribution in [1.82, 2.24) is 9.80 Å². The first kappa shape index (κ1) is 53.9. The van der Waals surface area contributed by atoms with Crippen LogP contribution < -0.4 is 10.6 Å². The second-order valence-corrected chi connectivity index (χ2v) is 24.1. The maximum absolute atomic E-state index is 2.45. The Balaban J connectivity index is 0.000000302. The molecule has 2 aromatic carbocycles. The van der Waals surface area contributed by atoms with Gasteiger partial charge in [-0.1, -0.05) is 179 Å². The molecule has 0 N–H and O–H groups in total. The largest absolute Gasteiger partial charge is 0.306 e. The third kappa shape index (κ3) is 16.8. The second-order valence-electron chi connectivity index (χ2n) is 18.6. The standard InChI is InChI=1S/2C20H32NP.2C5H10.3Fe/c2*1-16(21(2)3)19-14-9-15-20(19)22(18-12-7-8-13-18)17-10-5-4-6-11-17;2*1-2-4-5-3-1;;;/h2*4-6,10-11,16,18-20H,7-9,12-15H2,1-3H3;2*1-5H2;;;/t2*16-,19?,20?,22+;;;;;/m11...../s1. The van der Waals surface area contributed by atoms with Gasteiger partial charge in [-0.15, -0.1) is 0 Å². The summed E-state index contributed by atoms with van der Waals surface area (Å²) in [6.45, 7) is 4.91. The van der Waals surface area contributed by atoms with E-state index in [0.29, 0.717) is 0 Å². The molecule has 328 valence electrons. The minimum Gasteiger partial charge on any atom is -0.306 e. The summed E-state index contributed by atoms with van der Waals surface area (Å²) in [5.74, 6) is 1.81. The van der Waals surface area contributed by atoms with Crippen LogP contribution in [0.2, 0.25) is 0 Å². The van der Waals surface area contributed by atoms with Crippen LogP contribution in [0, 0.1) is 11.8 Å². The third-order valence-corrected chi connectivity index (χ3v) is 21.8. The van der Waals surface area contributed by atoms with Gasteiger partial charge in [0.05, 0.1) is 0 Å². The molecule has 6 aliphatic rings. The van der Waals surface area contributed by atoms with E-state index in [1.807, 2.05) is 0 Å². The van der Waals surface area contributed by atoms with Gasteiger partial charge >= 0.3 is 0 Å². The van der Waals surface area contributed by atoms with Crippen LogP contribution in [-0.4, -0.2) is 72.7 Å². The van der Waals surface area contributed by atoms with Gasteiger partial charge < -0.3 is 9.80 Å². The van der Waals surface area contributed by atoms with Crippen molar-refractivity contribution < 1.29 is 51.2 Å². The molecule has 0 spiro atoms. The maximum atomic E-state index is 2.45. The Hall–Kier alpha value is 0.778. The van der Waals surface area contributed by atoms with E-state index in [9.17, 15) is 0 Å². The number of hydrogen-bond acceptors (Lipinski definition) is 2. The molecule has 6 fully saturated rings. The van der Waals surface area contributed by atoms with E-state index < -0.39 is 0 Å². The summed E-state index contributed by atoms with van der Waals surface area (Å²) in [5.41, 5.74) is 3.91. The molecule has 0 aromatic heterocycles. The Morgan fingerprint density at radius 1 is 0.386 bits per heavy atom. The number of nitrogens with zero attached hydrogens (tertiary/aromatic N) is 2. The summed E-state index contributed by atoms with van der Waals surface area (Å²) in [7, 11) is 9.09. The molecule has 0 bridgehead atoms. The van der Waals surface area contributed by atoms with Crippen molar-refractivity contribution in [3.63, 3.8) is 0 Å². The summed E-state index contributed by atoms with van der Waals surface area (Å²) in [4.78, 5) is 4.91. The number of rotatable bonds is 10. The van der Waals surface area contributed by atoms with Crippen LogP contribution >= 0.6 is 15.8 Å². The van der Waals surface area contributed by atoms with Gasteiger partial charge in [0.1, 0.15) is 0 Å². The van der Waals surface area contributed by atoms with E-state index in [0.717, 1.165) is 46.6 Å². The predicted molar refractivity (Wildman–Crippen MR) is 245 cm³/mol. The van der Waals surface area contributed by atoms with E-state index in [1.54, 1.807) is 10.6 Å². The second kappa shape index (κ2) is 30.0. The monoisotopic (exact) mass is 942 g/mol. The molecule has 2 nitrogen and oxygen atoms in total. The zero-order valence-corrected chi connectivity index (χ0v) is 42.3. The van der Waals surface area contributed by atoms with Gasteiger partial charge in [-0.3, -0.25) is 0 Å². The van der Waals surface area contributed by atoms with Gasteiger partial charge in [-0.2, -0.15) is 0 Å². The average Bonchev–Trinajstić information content (AvgIpc) is 4.05. The summed E-state index contributed by atoms with van der Waals surface area (Å²) in [6.07, 6.45) is 35.6. The average molecular weight is 943 g/mol. The van der Waals surface area contributed by atoms with Crippen LogP contribution in [0.15, 0.2) is 60.7 Å². The van der Waals surface area contributed by atoms with Gasteiger partial charge in [0.25, 0.3) is 0 Å². The minimum atomic E-state index is 0. The Labute approximate surface area is 388 Å². The number of benzene rings is 2. The predicted octanol–water partition coefficient (Wildman–Crippen LogP) is 13.6. The molecular formula is C50H84Fe3N2P2. The van der Waals surface area contributed by atoms with E-state index in [1.165, 1.54) is 154 Å². The van der Waals surface area contributed by atoms with Gasteiger partial charge in [0, 0.05) is 63.3 Å². The van der Waals surface area contributed by atoms with Crippen LogP contribution in [0.25, 0.3) is 0 Å². The zero-order valence-electron chi connectivity index (χ0n) is 37.2. The summed E-state index contributed by atoms with van der Waals surface area (Å²) < 4.78 is 0.